The molecule has 1 heterocycles. The van der Waals surface area contributed by atoms with Gasteiger partial charge >= 0.3 is 29.0 Å². The topological polar surface area (TPSA) is 114 Å². The van der Waals surface area contributed by atoms with Gasteiger partial charge in [-0.05, 0) is 49.2 Å². The van der Waals surface area contributed by atoms with E-state index in [4.69, 9.17) is 9.47 Å². The molecule has 0 aliphatic carbocycles. The van der Waals surface area contributed by atoms with Gasteiger partial charge in [-0.2, -0.15) is 5.10 Å². The quantitative estimate of drug-likeness (QED) is 0.0779. The van der Waals surface area contributed by atoms with Crippen molar-refractivity contribution in [3.05, 3.63) is 90.0 Å². The van der Waals surface area contributed by atoms with E-state index >= 15 is 0 Å². The molecule has 0 unspecified atom stereocenters. The molecule has 1 radical (unpaired) electrons. The molecule has 197 valence electrons. The number of hydrazone groups is 1. The third-order valence-corrected chi connectivity index (χ3v) is 5.84. The Morgan fingerprint density at radius 1 is 0.789 bits per heavy atom. The van der Waals surface area contributed by atoms with Gasteiger partial charge < -0.3 is 9.47 Å². The molecule has 38 heavy (non-hydrogen) atoms. The zero-order chi connectivity index (χ0) is 26.4. The first-order valence-corrected chi connectivity index (χ1v) is 11.8. The van der Waals surface area contributed by atoms with Crippen molar-refractivity contribution in [1.29, 1.82) is 0 Å². The fourth-order valence-electron chi connectivity index (χ4n) is 3.96. The van der Waals surface area contributed by atoms with Crippen molar-refractivity contribution in [2.24, 2.45) is 5.10 Å². The van der Waals surface area contributed by atoms with Crippen LogP contribution in [0.25, 0.3) is 0 Å². The first-order valence-electron chi connectivity index (χ1n) is 11.8. The van der Waals surface area contributed by atoms with Crippen molar-refractivity contribution in [3.8, 4) is 11.5 Å². The van der Waals surface area contributed by atoms with E-state index < -0.39 is 29.5 Å². The standard InChI is InChI=1S/C28H25N3O6.Cu/c1-3-18(4-2)31-25(32)21-16-11-17-22(23(21)26(31)33)29-30-24(27(34)36-19-12-7-5-8-13-19)28(35)37-20-14-9-6-10-15-20;/h5-18,29H,3-4H2,1-2H3;/q;+2. The van der Waals surface area contributed by atoms with Crippen LogP contribution in [0.1, 0.15) is 47.4 Å². The van der Waals surface area contributed by atoms with Gasteiger partial charge in [0.2, 0.25) is 0 Å². The zero-order valence-corrected chi connectivity index (χ0v) is 21.6. The van der Waals surface area contributed by atoms with Gasteiger partial charge in [0.05, 0.1) is 16.8 Å². The van der Waals surface area contributed by atoms with Crippen molar-refractivity contribution in [1.82, 2.24) is 4.90 Å². The second-order valence-corrected chi connectivity index (χ2v) is 8.16. The summed E-state index contributed by atoms with van der Waals surface area (Å²) in [4.78, 5) is 53.3. The van der Waals surface area contributed by atoms with E-state index in [0.29, 0.717) is 12.8 Å². The normalized spacial score (nSPS) is 11.9. The predicted molar refractivity (Wildman–Crippen MR) is 137 cm³/mol. The molecule has 0 saturated heterocycles. The molecule has 10 heteroatoms. The van der Waals surface area contributed by atoms with Gasteiger partial charge in [-0.3, -0.25) is 19.9 Å². The Balaban J connectivity index is 0.00000400. The second kappa shape index (κ2) is 12.8. The van der Waals surface area contributed by atoms with Gasteiger partial charge in [0.15, 0.2) is 0 Å². The molecular weight excluding hydrogens is 538 g/mol. The predicted octanol–water partition coefficient (Wildman–Crippen LogP) is 4.45. The number of carbonyl (C=O) groups is 4. The minimum atomic E-state index is -1.06. The van der Waals surface area contributed by atoms with Crippen LogP contribution in [0.3, 0.4) is 0 Å². The molecule has 4 rings (SSSR count). The molecule has 0 saturated carbocycles. The number of hydrogen-bond donors (Lipinski definition) is 1. The maximum Gasteiger partial charge on any atom is 2.00 e. The summed E-state index contributed by atoms with van der Waals surface area (Å²) in [7, 11) is 0. The van der Waals surface area contributed by atoms with E-state index in [-0.39, 0.29) is 51.4 Å². The van der Waals surface area contributed by atoms with Crippen molar-refractivity contribution >= 4 is 35.2 Å². The van der Waals surface area contributed by atoms with Crippen LogP contribution in [0.2, 0.25) is 0 Å². The summed E-state index contributed by atoms with van der Waals surface area (Å²) in [6, 6.07) is 20.8. The third kappa shape index (κ3) is 5.99. The zero-order valence-electron chi connectivity index (χ0n) is 20.6. The molecule has 1 aliphatic heterocycles. The Morgan fingerprint density at radius 3 is 1.82 bits per heavy atom. The van der Waals surface area contributed by atoms with Crippen molar-refractivity contribution in [3.63, 3.8) is 0 Å². The summed E-state index contributed by atoms with van der Waals surface area (Å²) < 4.78 is 10.6. The molecule has 2 amide bonds. The molecule has 3 aromatic carbocycles. The molecule has 0 bridgehead atoms. The Morgan fingerprint density at radius 2 is 1.32 bits per heavy atom. The number of imide groups is 1. The van der Waals surface area contributed by atoms with Crippen molar-refractivity contribution in [2.45, 2.75) is 32.7 Å². The number of rotatable bonds is 9. The molecule has 0 atom stereocenters. The molecule has 3 aromatic rings. The van der Waals surface area contributed by atoms with Crippen LogP contribution in [0.5, 0.6) is 11.5 Å². The van der Waals surface area contributed by atoms with Crippen LogP contribution in [0.15, 0.2) is 84.0 Å². The van der Waals surface area contributed by atoms with Crippen LogP contribution in [0.4, 0.5) is 5.69 Å². The average Bonchev–Trinajstić information content (AvgIpc) is 3.17. The molecule has 0 fully saturated rings. The maximum atomic E-state index is 13.2. The maximum absolute atomic E-state index is 13.2. The van der Waals surface area contributed by atoms with E-state index in [0.717, 1.165) is 0 Å². The summed E-state index contributed by atoms with van der Waals surface area (Å²) in [6.07, 6.45) is 1.23. The number of anilines is 1. The Hall–Kier alpha value is -4.27. The SMILES string of the molecule is CCC(CC)N1C(=O)c2cccc(NN=C(C(=O)Oc3ccccc3)C(=O)Oc3ccccc3)c2C1=O.[Cu+2]. The molecule has 9 nitrogen and oxygen atoms in total. The number of nitrogens with zero attached hydrogens (tertiary/aromatic N) is 2. The van der Waals surface area contributed by atoms with Gasteiger partial charge in [-0.25, -0.2) is 9.59 Å². The van der Waals surface area contributed by atoms with E-state index in [2.05, 4.69) is 10.5 Å². The first-order chi connectivity index (χ1) is 17.9. The summed E-state index contributed by atoms with van der Waals surface area (Å²) in [5, 5.41) is 3.97. The summed E-state index contributed by atoms with van der Waals surface area (Å²) in [5.74, 6) is -2.58. The number of hydrogen-bond acceptors (Lipinski definition) is 8. The summed E-state index contributed by atoms with van der Waals surface area (Å²) >= 11 is 0. The van der Waals surface area contributed by atoms with Crippen LogP contribution in [0, 0.1) is 0 Å². The van der Waals surface area contributed by atoms with E-state index in [1.165, 1.54) is 11.0 Å². The molecule has 0 spiro atoms. The minimum Gasteiger partial charge on any atom is -0.422 e. The van der Waals surface area contributed by atoms with Gasteiger partial charge in [-0.15, -0.1) is 0 Å². The first kappa shape index (κ1) is 28.3. The fourth-order valence-corrected chi connectivity index (χ4v) is 3.96. The molecular formula is C28H25CuN3O6+2. The number of fused-ring (bicyclic) bond motifs is 1. The third-order valence-electron chi connectivity index (χ3n) is 5.84. The minimum absolute atomic E-state index is 0. The number of benzene rings is 3. The van der Waals surface area contributed by atoms with Gasteiger partial charge in [-0.1, -0.05) is 56.3 Å². The average molecular weight is 563 g/mol. The van der Waals surface area contributed by atoms with Crippen molar-refractivity contribution < 1.29 is 45.7 Å². The Bertz CT molecular complexity index is 1300. The number of nitrogens with one attached hydrogen (secondary N) is 1. The number of carbonyl (C=O) groups excluding carboxylic acids is 4. The summed E-state index contributed by atoms with van der Waals surface area (Å²) in [5.41, 5.74) is 2.44. The molecule has 0 aromatic heterocycles. The van der Waals surface area contributed by atoms with E-state index in [9.17, 15) is 19.2 Å². The second-order valence-electron chi connectivity index (χ2n) is 8.16. The van der Waals surface area contributed by atoms with Gasteiger partial charge in [0.25, 0.3) is 17.5 Å². The Kier molecular flexibility index (Phi) is 9.54. The number of para-hydroxylation sites is 2. The van der Waals surface area contributed by atoms with Gasteiger partial charge in [0.1, 0.15) is 11.5 Å². The molecule has 1 aliphatic rings. The van der Waals surface area contributed by atoms with Crippen LogP contribution in [-0.4, -0.2) is 40.4 Å². The van der Waals surface area contributed by atoms with E-state index in [1.807, 2.05) is 13.8 Å². The largest absolute Gasteiger partial charge is 2.00 e. The Labute approximate surface area is 230 Å². The molecule has 1 N–H and O–H groups in total. The van der Waals surface area contributed by atoms with Gasteiger partial charge in [0, 0.05) is 6.04 Å². The smallest absolute Gasteiger partial charge is 0.422 e. The van der Waals surface area contributed by atoms with E-state index in [1.54, 1.807) is 72.8 Å². The summed E-state index contributed by atoms with van der Waals surface area (Å²) in [6.45, 7) is 3.81. The monoisotopic (exact) mass is 562 g/mol. The fraction of sp³-hybridized carbons (Fsp3) is 0.179. The van der Waals surface area contributed by atoms with Crippen molar-refractivity contribution in [2.75, 3.05) is 5.43 Å². The number of esters is 2. The number of amides is 2. The van der Waals surface area contributed by atoms with Crippen LogP contribution < -0.4 is 14.9 Å². The number of ether oxygens (including phenoxy) is 2. The van der Waals surface area contributed by atoms with Crippen LogP contribution >= 0.6 is 0 Å². The van der Waals surface area contributed by atoms with Crippen LogP contribution in [-0.2, 0) is 26.7 Å².